The highest BCUT2D eigenvalue weighted by atomic mass is 19.4. The highest BCUT2D eigenvalue weighted by Gasteiger charge is 2.35. The lowest BCUT2D eigenvalue weighted by Crippen LogP contribution is -2.29. The van der Waals surface area contributed by atoms with Crippen molar-refractivity contribution in [2.24, 2.45) is 7.05 Å². The third-order valence-corrected chi connectivity index (χ3v) is 3.34. The molecule has 1 aliphatic heterocycles. The Balaban J connectivity index is 2.19. The van der Waals surface area contributed by atoms with Crippen LogP contribution in [0.4, 0.5) is 13.2 Å². The molecule has 96 valence electrons. The summed E-state index contributed by atoms with van der Waals surface area (Å²) in [5.41, 5.74) is -0.0839. The molecule has 0 bridgehead atoms. The molecule has 1 aromatic heterocycles. The molecule has 0 atom stereocenters. The molecule has 0 radical (unpaired) electrons. The zero-order chi connectivity index (χ0) is 12.6. The summed E-state index contributed by atoms with van der Waals surface area (Å²) in [6.45, 7) is 1.86. The normalized spacial score (nSPS) is 19.8. The van der Waals surface area contributed by atoms with Crippen LogP contribution in [0.5, 0.6) is 0 Å². The number of rotatable bonds is 1. The Labute approximate surface area is 98.2 Å². The Morgan fingerprint density at radius 2 is 1.82 bits per heavy atom. The number of nitrogens with zero attached hydrogens (tertiary/aromatic N) is 3. The van der Waals surface area contributed by atoms with E-state index in [1.54, 1.807) is 7.05 Å². The number of piperidine rings is 1. The van der Waals surface area contributed by atoms with Gasteiger partial charge in [-0.15, -0.1) is 0 Å². The summed E-state index contributed by atoms with van der Waals surface area (Å²) < 4.78 is 39.0. The monoisotopic (exact) mass is 247 g/mol. The second-order valence-electron chi connectivity index (χ2n) is 4.65. The van der Waals surface area contributed by atoms with E-state index in [0.29, 0.717) is 5.69 Å². The van der Waals surface area contributed by atoms with E-state index in [0.717, 1.165) is 25.9 Å². The van der Waals surface area contributed by atoms with E-state index >= 15 is 0 Å². The first kappa shape index (κ1) is 12.4. The average Bonchev–Trinajstić information content (AvgIpc) is 2.61. The minimum atomic E-state index is -4.35. The Kier molecular flexibility index (Phi) is 3.16. The van der Waals surface area contributed by atoms with Gasteiger partial charge in [-0.1, -0.05) is 0 Å². The quantitative estimate of drug-likeness (QED) is 0.759. The average molecular weight is 247 g/mol. The van der Waals surface area contributed by atoms with Crippen molar-refractivity contribution in [3.8, 4) is 0 Å². The zero-order valence-corrected chi connectivity index (χ0v) is 9.96. The lowest BCUT2D eigenvalue weighted by Gasteiger charge is -2.28. The molecule has 1 fully saturated rings. The summed E-state index contributed by atoms with van der Waals surface area (Å²) in [6.07, 6.45) is -2.55. The molecule has 1 aliphatic rings. The second-order valence-corrected chi connectivity index (χ2v) is 4.65. The minimum Gasteiger partial charge on any atom is -0.306 e. The summed E-state index contributed by atoms with van der Waals surface area (Å²) in [5, 5.41) is 3.55. The summed E-state index contributed by atoms with van der Waals surface area (Å²) in [4.78, 5) is 2.19. The first-order chi connectivity index (χ1) is 7.88. The molecule has 0 aromatic carbocycles. The van der Waals surface area contributed by atoms with Crippen LogP contribution < -0.4 is 0 Å². The van der Waals surface area contributed by atoms with Crippen LogP contribution in [0, 0.1) is 0 Å². The summed E-state index contributed by atoms with van der Waals surface area (Å²) in [7, 11) is 3.61. The molecule has 0 aliphatic carbocycles. The number of aromatic nitrogens is 2. The number of halogens is 3. The predicted molar refractivity (Wildman–Crippen MR) is 57.7 cm³/mol. The van der Waals surface area contributed by atoms with Gasteiger partial charge in [0.2, 0.25) is 0 Å². The van der Waals surface area contributed by atoms with Crippen molar-refractivity contribution in [2.45, 2.75) is 24.9 Å². The van der Waals surface area contributed by atoms with Crippen molar-refractivity contribution in [1.29, 1.82) is 0 Å². The fourth-order valence-corrected chi connectivity index (χ4v) is 2.31. The van der Waals surface area contributed by atoms with Gasteiger partial charge in [-0.3, -0.25) is 4.68 Å². The Morgan fingerprint density at radius 3 is 2.29 bits per heavy atom. The fraction of sp³-hybridized carbons (Fsp3) is 0.727. The van der Waals surface area contributed by atoms with E-state index in [1.807, 2.05) is 7.05 Å². The molecule has 1 saturated heterocycles. The van der Waals surface area contributed by atoms with Crippen molar-refractivity contribution in [3.63, 3.8) is 0 Å². The molecule has 0 N–H and O–H groups in total. The Hall–Kier alpha value is -1.04. The highest BCUT2D eigenvalue weighted by Crippen LogP contribution is 2.33. The fourth-order valence-electron chi connectivity index (χ4n) is 2.31. The molecule has 6 heteroatoms. The smallest absolute Gasteiger partial charge is 0.306 e. The van der Waals surface area contributed by atoms with Gasteiger partial charge < -0.3 is 4.90 Å². The van der Waals surface area contributed by atoms with Gasteiger partial charge in [0, 0.05) is 18.7 Å². The third-order valence-electron chi connectivity index (χ3n) is 3.34. The number of likely N-dealkylation sites (tertiary alicyclic amines) is 1. The lowest BCUT2D eigenvalue weighted by atomic mass is 9.93. The van der Waals surface area contributed by atoms with Crippen molar-refractivity contribution < 1.29 is 13.2 Å². The van der Waals surface area contributed by atoms with Gasteiger partial charge in [0.15, 0.2) is 5.69 Å². The van der Waals surface area contributed by atoms with E-state index in [2.05, 4.69) is 10.00 Å². The maximum Gasteiger partial charge on any atom is 0.435 e. The highest BCUT2D eigenvalue weighted by molar-refractivity contribution is 5.17. The van der Waals surface area contributed by atoms with Crippen LogP contribution in [0.25, 0.3) is 0 Å². The van der Waals surface area contributed by atoms with Crippen molar-refractivity contribution >= 4 is 0 Å². The maximum absolute atomic E-state index is 12.5. The van der Waals surface area contributed by atoms with Crippen LogP contribution in [0.3, 0.4) is 0 Å². The van der Waals surface area contributed by atoms with E-state index in [-0.39, 0.29) is 5.92 Å². The maximum atomic E-state index is 12.5. The van der Waals surface area contributed by atoms with Crippen LogP contribution in [-0.4, -0.2) is 34.8 Å². The molecule has 3 nitrogen and oxygen atoms in total. The molecule has 0 amide bonds. The molecule has 2 rings (SSSR count). The Bertz CT molecular complexity index is 389. The van der Waals surface area contributed by atoms with Gasteiger partial charge in [-0.25, -0.2) is 0 Å². The third kappa shape index (κ3) is 2.62. The van der Waals surface area contributed by atoms with Crippen LogP contribution in [0.15, 0.2) is 6.07 Å². The molecular weight excluding hydrogens is 231 g/mol. The predicted octanol–water partition coefficient (Wildman–Crippen LogP) is 2.25. The van der Waals surface area contributed by atoms with Gasteiger partial charge in [0.1, 0.15) is 0 Å². The van der Waals surface area contributed by atoms with Crippen LogP contribution in [0.1, 0.15) is 30.1 Å². The van der Waals surface area contributed by atoms with Crippen LogP contribution >= 0.6 is 0 Å². The molecular formula is C11H16F3N3. The standard InChI is InChI=1S/C11H16F3N3/c1-16-5-3-8(4-6-16)9-7-10(11(12,13)14)15-17(9)2/h7-8H,3-6H2,1-2H3. The summed E-state index contributed by atoms with van der Waals surface area (Å²) >= 11 is 0. The van der Waals surface area contributed by atoms with Crippen molar-refractivity contribution in [3.05, 3.63) is 17.5 Å². The van der Waals surface area contributed by atoms with Gasteiger partial charge in [0.25, 0.3) is 0 Å². The minimum absolute atomic E-state index is 0.194. The summed E-state index contributed by atoms with van der Waals surface area (Å²) in [5.74, 6) is 0.194. The largest absolute Gasteiger partial charge is 0.435 e. The van der Waals surface area contributed by atoms with Gasteiger partial charge in [-0.05, 0) is 39.0 Å². The van der Waals surface area contributed by atoms with Gasteiger partial charge in [-0.2, -0.15) is 18.3 Å². The summed E-state index contributed by atoms with van der Waals surface area (Å²) in [6, 6.07) is 1.19. The molecule has 2 heterocycles. The van der Waals surface area contributed by atoms with Gasteiger partial charge in [0.05, 0.1) is 0 Å². The number of aryl methyl sites for hydroxylation is 1. The SMILES string of the molecule is CN1CCC(c2cc(C(F)(F)F)nn2C)CC1. The topological polar surface area (TPSA) is 21.1 Å². The molecule has 0 saturated carbocycles. The zero-order valence-electron chi connectivity index (χ0n) is 9.96. The van der Waals surface area contributed by atoms with E-state index in [9.17, 15) is 13.2 Å². The molecule has 17 heavy (non-hydrogen) atoms. The lowest BCUT2D eigenvalue weighted by molar-refractivity contribution is -0.141. The second kappa shape index (κ2) is 4.33. The number of alkyl halides is 3. The first-order valence-electron chi connectivity index (χ1n) is 5.67. The molecule has 0 spiro atoms. The van der Waals surface area contributed by atoms with E-state index in [4.69, 9.17) is 0 Å². The van der Waals surface area contributed by atoms with Gasteiger partial charge >= 0.3 is 6.18 Å². The molecule has 0 unspecified atom stereocenters. The number of hydrogen-bond donors (Lipinski definition) is 0. The van der Waals surface area contributed by atoms with E-state index in [1.165, 1.54) is 10.7 Å². The first-order valence-corrected chi connectivity index (χ1v) is 5.67. The van der Waals surface area contributed by atoms with Crippen LogP contribution in [-0.2, 0) is 13.2 Å². The Morgan fingerprint density at radius 1 is 1.24 bits per heavy atom. The molecule has 1 aromatic rings. The van der Waals surface area contributed by atoms with Crippen molar-refractivity contribution in [2.75, 3.05) is 20.1 Å². The van der Waals surface area contributed by atoms with E-state index < -0.39 is 11.9 Å². The van der Waals surface area contributed by atoms with Crippen molar-refractivity contribution in [1.82, 2.24) is 14.7 Å². The number of hydrogen-bond acceptors (Lipinski definition) is 2. The van der Waals surface area contributed by atoms with Crippen LogP contribution in [0.2, 0.25) is 0 Å².